The van der Waals surface area contributed by atoms with Crippen molar-refractivity contribution in [3.05, 3.63) is 10.4 Å². The second kappa shape index (κ2) is 9.99. The molecule has 4 aliphatic carbocycles. The summed E-state index contributed by atoms with van der Waals surface area (Å²) in [6.45, 7) is 13.3. The standard InChI is InChI=1S/C29H49N3O3/c1-7-19(16(2)3)27(35)26(34)17(4)21-8-9-22-20-15-25(33)24-14-18(31-32-30)10-12-29(24,6)23(20)11-13-28(21,22)5/h16-24,26-27,34-35H,7-15H2,1-6H3/t17-,18+,19-,20-,21+,22-,23-,24+,26-,27-,28+,29+/m0/s1. The summed E-state index contributed by atoms with van der Waals surface area (Å²) in [5.41, 5.74) is 9.06. The Labute approximate surface area is 212 Å². The number of aliphatic hydroxyl groups excluding tert-OH is 2. The molecule has 12 atom stereocenters. The Morgan fingerprint density at radius 2 is 1.69 bits per heavy atom. The fourth-order valence-electron chi connectivity index (χ4n) is 10.0. The number of hydrogen-bond donors (Lipinski definition) is 2. The van der Waals surface area contributed by atoms with Crippen LogP contribution in [0.15, 0.2) is 5.11 Å². The summed E-state index contributed by atoms with van der Waals surface area (Å²) >= 11 is 0. The van der Waals surface area contributed by atoms with E-state index in [9.17, 15) is 15.0 Å². The topological polar surface area (TPSA) is 106 Å². The summed E-state index contributed by atoms with van der Waals surface area (Å²) in [6, 6.07) is -0.0326. The van der Waals surface area contributed by atoms with Crippen molar-refractivity contribution in [3.8, 4) is 0 Å². The molecule has 0 aliphatic heterocycles. The Bertz CT molecular complexity index is 841. The predicted octanol–water partition coefficient (Wildman–Crippen LogP) is 6.54. The number of carbonyl (C=O) groups is 1. The van der Waals surface area contributed by atoms with Gasteiger partial charge in [-0.15, -0.1) is 0 Å². The summed E-state index contributed by atoms with van der Waals surface area (Å²) in [5.74, 6) is 2.81. The molecule has 4 rings (SSSR count). The molecular formula is C29H49N3O3. The van der Waals surface area contributed by atoms with Gasteiger partial charge in [0.15, 0.2) is 0 Å². The molecule has 0 aromatic heterocycles. The molecule has 0 unspecified atom stereocenters. The number of aliphatic hydroxyl groups is 2. The Morgan fingerprint density at radius 3 is 2.31 bits per heavy atom. The third-order valence-corrected chi connectivity index (χ3v) is 12.0. The van der Waals surface area contributed by atoms with Crippen LogP contribution in [0.3, 0.4) is 0 Å². The van der Waals surface area contributed by atoms with E-state index < -0.39 is 12.2 Å². The number of Topliss-reactive ketones (excluding diaryl/α,β-unsaturated/α-hetero) is 1. The third-order valence-electron chi connectivity index (χ3n) is 12.0. The molecule has 198 valence electrons. The lowest BCUT2D eigenvalue weighted by Crippen LogP contribution is -2.57. The first kappa shape index (κ1) is 26.9. The monoisotopic (exact) mass is 487 g/mol. The van der Waals surface area contributed by atoms with E-state index >= 15 is 0 Å². The first-order valence-electron chi connectivity index (χ1n) is 14.4. The van der Waals surface area contributed by atoms with Crippen molar-refractivity contribution in [2.45, 2.75) is 118 Å². The van der Waals surface area contributed by atoms with Crippen LogP contribution in [0.1, 0.15) is 99.3 Å². The van der Waals surface area contributed by atoms with Crippen molar-refractivity contribution in [3.63, 3.8) is 0 Å². The van der Waals surface area contributed by atoms with Gasteiger partial charge in [0.25, 0.3) is 0 Å². The lowest BCUT2D eigenvalue weighted by atomic mass is 9.44. The average molecular weight is 488 g/mol. The van der Waals surface area contributed by atoms with Crippen molar-refractivity contribution in [2.75, 3.05) is 0 Å². The van der Waals surface area contributed by atoms with Crippen LogP contribution in [0.4, 0.5) is 0 Å². The van der Waals surface area contributed by atoms with Crippen LogP contribution in [-0.2, 0) is 4.79 Å². The number of nitrogens with zero attached hydrogens (tertiary/aromatic N) is 3. The molecule has 35 heavy (non-hydrogen) atoms. The molecular weight excluding hydrogens is 438 g/mol. The van der Waals surface area contributed by atoms with Gasteiger partial charge in [-0.05, 0) is 103 Å². The molecule has 0 aromatic carbocycles. The van der Waals surface area contributed by atoms with Gasteiger partial charge in [-0.3, -0.25) is 4.79 Å². The van der Waals surface area contributed by atoms with Crippen LogP contribution in [0, 0.1) is 58.2 Å². The van der Waals surface area contributed by atoms with Crippen molar-refractivity contribution in [1.82, 2.24) is 0 Å². The van der Waals surface area contributed by atoms with Gasteiger partial charge in [0, 0.05) is 23.3 Å². The van der Waals surface area contributed by atoms with Gasteiger partial charge in [-0.2, -0.15) is 0 Å². The Kier molecular flexibility index (Phi) is 7.69. The molecule has 0 aromatic rings. The van der Waals surface area contributed by atoms with E-state index in [-0.39, 0.29) is 34.6 Å². The van der Waals surface area contributed by atoms with Gasteiger partial charge in [0.05, 0.1) is 12.2 Å². The molecule has 6 heteroatoms. The van der Waals surface area contributed by atoms with Gasteiger partial charge >= 0.3 is 0 Å². The number of hydrogen-bond acceptors (Lipinski definition) is 4. The van der Waals surface area contributed by atoms with Crippen molar-refractivity contribution < 1.29 is 15.0 Å². The van der Waals surface area contributed by atoms with Crippen LogP contribution >= 0.6 is 0 Å². The SMILES string of the molecule is CC[C@@H](C(C)C)[C@H](O)[C@@H](O)[C@@H](C)[C@H]1CC[C@H]2[C@@H]3CC(=O)[C@H]4C[C@H](N=[N+]=[N-])CC[C@]4(C)[C@H]3CC[C@]12C. The normalized spacial score (nSPS) is 44.4. The zero-order chi connectivity index (χ0) is 25.7. The summed E-state index contributed by atoms with van der Waals surface area (Å²) in [4.78, 5) is 16.5. The largest absolute Gasteiger partial charge is 0.390 e. The maximum Gasteiger partial charge on any atom is 0.136 e. The summed E-state index contributed by atoms with van der Waals surface area (Å²) < 4.78 is 0. The van der Waals surface area contributed by atoms with E-state index in [2.05, 4.69) is 51.6 Å². The number of fused-ring (bicyclic) bond motifs is 5. The van der Waals surface area contributed by atoms with E-state index in [1.165, 1.54) is 0 Å². The molecule has 0 spiro atoms. The van der Waals surface area contributed by atoms with E-state index in [0.717, 1.165) is 51.4 Å². The summed E-state index contributed by atoms with van der Waals surface area (Å²) in [7, 11) is 0. The van der Waals surface area contributed by atoms with E-state index in [0.29, 0.717) is 41.8 Å². The van der Waals surface area contributed by atoms with Crippen molar-refractivity contribution in [2.24, 2.45) is 63.3 Å². The Hall–Kier alpha value is -1.10. The maximum absolute atomic E-state index is 13.5. The van der Waals surface area contributed by atoms with E-state index in [4.69, 9.17) is 5.53 Å². The first-order chi connectivity index (χ1) is 16.5. The lowest BCUT2D eigenvalue weighted by Gasteiger charge is -2.60. The quantitative estimate of drug-likeness (QED) is 0.242. The number of ketones is 1. The van der Waals surface area contributed by atoms with Crippen molar-refractivity contribution in [1.29, 1.82) is 0 Å². The van der Waals surface area contributed by atoms with Gasteiger partial charge in [-0.1, -0.05) is 53.1 Å². The average Bonchev–Trinajstić information content (AvgIpc) is 3.16. The van der Waals surface area contributed by atoms with Crippen molar-refractivity contribution >= 4 is 5.78 Å². The highest BCUT2D eigenvalue weighted by Crippen LogP contribution is 2.68. The lowest BCUT2D eigenvalue weighted by molar-refractivity contribution is -0.157. The minimum absolute atomic E-state index is 0.0217. The molecule has 0 amide bonds. The molecule has 4 saturated carbocycles. The molecule has 0 saturated heterocycles. The minimum atomic E-state index is -0.702. The number of azide groups is 1. The second-order valence-electron chi connectivity index (χ2n) is 13.6. The van der Waals surface area contributed by atoms with Gasteiger partial charge in [0.2, 0.25) is 0 Å². The highest BCUT2D eigenvalue weighted by Gasteiger charge is 2.63. The Morgan fingerprint density at radius 1 is 1.03 bits per heavy atom. The summed E-state index contributed by atoms with van der Waals surface area (Å²) in [5, 5.41) is 26.4. The molecule has 0 radical (unpaired) electrons. The molecule has 4 fully saturated rings. The van der Waals surface area contributed by atoms with Crippen LogP contribution < -0.4 is 0 Å². The highest BCUT2D eigenvalue weighted by atomic mass is 16.3. The number of carbonyl (C=O) groups excluding carboxylic acids is 1. The highest BCUT2D eigenvalue weighted by molar-refractivity contribution is 5.83. The fourth-order valence-corrected chi connectivity index (χ4v) is 10.0. The zero-order valence-corrected chi connectivity index (χ0v) is 22.9. The van der Waals surface area contributed by atoms with Crippen LogP contribution in [-0.4, -0.2) is 34.2 Å². The molecule has 0 heterocycles. The molecule has 0 bridgehead atoms. The van der Waals surface area contributed by atoms with Gasteiger partial charge in [0.1, 0.15) is 5.78 Å². The number of rotatable bonds is 7. The minimum Gasteiger partial charge on any atom is -0.390 e. The summed E-state index contributed by atoms with van der Waals surface area (Å²) in [6.07, 6.45) is 7.28. The molecule has 2 N–H and O–H groups in total. The molecule has 4 aliphatic rings. The van der Waals surface area contributed by atoms with Crippen LogP contribution in [0.5, 0.6) is 0 Å². The second-order valence-corrected chi connectivity index (χ2v) is 13.6. The maximum atomic E-state index is 13.5. The molecule has 6 nitrogen and oxygen atoms in total. The Balaban J connectivity index is 1.53. The third kappa shape index (κ3) is 4.36. The smallest absolute Gasteiger partial charge is 0.136 e. The first-order valence-corrected chi connectivity index (χ1v) is 14.4. The van der Waals surface area contributed by atoms with Crippen LogP contribution in [0.2, 0.25) is 0 Å². The van der Waals surface area contributed by atoms with E-state index in [1.807, 2.05) is 0 Å². The van der Waals surface area contributed by atoms with Gasteiger partial charge in [-0.25, -0.2) is 0 Å². The van der Waals surface area contributed by atoms with E-state index in [1.54, 1.807) is 0 Å². The van der Waals surface area contributed by atoms with Gasteiger partial charge < -0.3 is 10.2 Å². The van der Waals surface area contributed by atoms with Crippen LogP contribution in [0.25, 0.3) is 10.4 Å². The predicted molar refractivity (Wildman–Crippen MR) is 138 cm³/mol. The zero-order valence-electron chi connectivity index (χ0n) is 22.9. The fraction of sp³-hybridized carbons (Fsp3) is 0.966.